The average molecular weight is 286 g/mol. The lowest BCUT2D eigenvalue weighted by Gasteiger charge is -2.16. The Morgan fingerprint density at radius 2 is 1.86 bits per heavy atom. The third kappa shape index (κ3) is 4.45. The lowest BCUT2D eigenvalue weighted by Crippen LogP contribution is -2.17. The molecule has 0 atom stereocenters. The molecule has 1 heterocycles. The number of rotatable bonds is 7. The molecule has 3 nitrogen and oxygen atoms in total. The zero-order chi connectivity index (χ0) is 15.2. The third-order valence-electron chi connectivity index (χ3n) is 3.76. The second kappa shape index (κ2) is 7.43. The first-order valence-electron chi connectivity index (χ1n) is 7.62. The highest BCUT2D eigenvalue weighted by molar-refractivity contribution is 5.25. The Balaban J connectivity index is 1.96. The summed E-state index contributed by atoms with van der Waals surface area (Å²) >= 11 is 0. The Hall–Kier alpha value is -1.58. The van der Waals surface area contributed by atoms with Crippen LogP contribution < -0.4 is 5.32 Å². The molecule has 0 amide bonds. The number of benzene rings is 1. The smallest absolute Gasteiger partial charge is 0.118 e. The molecule has 0 spiro atoms. The van der Waals surface area contributed by atoms with Crippen LogP contribution in [0, 0.1) is 13.8 Å². The van der Waals surface area contributed by atoms with Crippen molar-refractivity contribution < 1.29 is 4.42 Å². The standard InChI is InChI=1S/C18H26N2O/c1-5-19-11-17-10-18(21-15(17)3)13-20(4)12-16-9-7-6-8-14(16)2/h6-10,19H,5,11-13H2,1-4H3. The molecular weight excluding hydrogens is 260 g/mol. The molecular formula is C18H26N2O. The maximum absolute atomic E-state index is 5.87. The normalized spacial score (nSPS) is 11.3. The van der Waals surface area contributed by atoms with Crippen LogP contribution in [0.25, 0.3) is 0 Å². The Bertz CT molecular complexity index is 574. The van der Waals surface area contributed by atoms with Gasteiger partial charge >= 0.3 is 0 Å². The highest BCUT2D eigenvalue weighted by Crippen LogP contribution is 2.17. The maximum Gasteiger partial charge on any atom is 0.118 e. The molecule has 0 saturated heterocycles. The van der Waals surface area contributed by atoms with Crippen LogP contribution in [0.1, 0.15) is 35.1 Å². The second-order valence-electron chi connectivity index (χ2n) is 5.67. The molecule has 0 bridgehead atoms. The van der Waals surface area contributed by atoms with Gasteiger partial charge in [-0.1, -0.05) is 31.2 Å². The van der Waals surface area contributed by atoms with Gasteiger partial charge in [-0.25, -0.2) is 0 Å². The van der Waals surface area contributed by atoms with Crippen molar-refractivity contribution in [2.45, 2.75) is 40.4 Å². The summed E-state index contributed by atoms with van der Waals surface area (Å²) in [5.74, 6) is 2.06. The fourth-order valence-electron chi connectivity index (χ4n) is 2.50. The molecule has 3 heteroatoms. The molecule has 0 radical (unpaired) electrons. The summed E-state index contributed by atoms with van der Waals surface area (Å²) in [6, 6.07) is 10.7. The molecule has 2 aromatic rings. The SMILES string of the molecule is CCNCc1cc(CN(C)Cc2ccccc2C)oc1C. The van der Waals surface area contributed by atoms with Crippen molar-refractivity contribution in [3.63, 3.8) is 0 Å². The lowest BCUT2D eigenvalue weighted by atomic mass is 10.1. The molecule has 2 rings (SSSR count). The third-order valence-corrected chi connectivity index (χ3v) is 3.76. The molecule has 0 aliphatic rings. The number of aryl methyl sites for hydroxylation is 2. The van der Waals surface area contributed by atoms with E-state index in [0.717, 1.165) is 37.7 Å². The van der Waals surface area contributed by atoms with Crippen molar-refractivity contribution in [2.75, 3.05) is 13.6 Å². The van der Waals surface area contributed by atoms with Crippen LogP contribution in [0.5, 0.6) is 0 Å². The molecule has 1 N–H and O–H groups in total. The van der Waals surface area contributed by atoms with E-state index >= 15 is 0 Å². The highest BCUT2D eigenvalue weighted by atomic mass is 16.3. The van der Waals surface area contributed by atoms with Gasteiger partial charge in [0.25, 0.3) is 0 Å². The summed E-state index contributed by atoms with van der Waals surface area (Å²) in [5, 5.41) is 3.35. The average Bonchev–Trinajstić information content (AvgIpc) is 2.79. The van der Waals surface area contributed by atoms with E-state index in [0.29, 0.717) is 0 Å². The van der Waals surface area contributed by atoms with Crippen molar-refractivity contribution in [3.8, 4) is 0 Å². The van der Waals surface area contributed by atoms with Crippen LogP contribution in [0.4, 0.5) is 0 Å². The number of hydrogen-bond donors (Lipinski definition) is 1. The van der Waals surface area contributed by atoms with Crippen molar-refractivity contribution >= 4 is 0 Å². The van der Waals surface area contributed by atoms with Gasteiger partial charge in [-0.05, 0) is 44.6 Å². The fourth-order valence-corrected chi connectivity index (χ4v) is 2.50. The van der Waals surface area contributed by atoms with Crippen LogP contribution in [0.15, 0.2) is 34.7 Å². The maximum atomic E-state index is 5.87. The minimum absolute atomic E-state index is 0.835. The minimum atomic E-state index is 0.835. The summed E-state index contributed by atoms with van der Waals surface area (Å²) in [7, 11) is 2.13. The second-order valence-corrected chi connectivity index (χ2v) is 5.67. The first kappa shape index (κ1) is 15.8. The van der Waals surface area contributed by atoms with Gasteiger partial charge in [0, 0.05) is 18.7 Å². The van der Waals surface area contributed by atoms with E-state index in [9.17, 15) is 0 Å². The summed E-state index contributed by atoms with van der Waals surface area (Å²) in [6.45, 7) is 9.95. The predicted octanol–water partition coefficient (Wildman–Crippen LogP) is 3.64. The largest absolute Gasteiger partial charge is 0.465 e. The first-order valence-corrected chi connectivity index (χ1v) is 7.62. The predicted molar refractivity (Wildman–Crippen MR) is 87.2 cm³/mol. The zero-order valence-electron chi connectivity index (χ0n) is 13.6. The van der Waals surface area contributed by atoms with E-state index in [1.807, 2.05) is 6.92 Å². The molecule has 1 aromatic heterocycles. The van der Waals surface area contributed by atoms with E-state index in [1.54, 1.807) is 0 Å². The van der Waals surface area contributed by atoms with E-state index in [2.05, 4.69) is 61.4 Å². The first-order chi connectivity index (χ1) is 10.1. The number of furan rings is 1. The molecule has 0 fully saturated rings. The van der Waals surface area contributed by atoms with E-state index in [1.165, 1.54) is 16.7 Å². The van der Waals surface area contributed by atoms with Crippen molar-refractivity contribution in [1.29, 1.82) is 0 Å². The molecule has 114 valence electrons. The monoisotopic (exact) mass is 286 g/mol. The van der Waals surface area contributed by atoms with Crippen LogP contribution in [0.2, 0.25) is 0 Å². The van der Waals surface area contributed by atoms with Gasteiger partial charge in [0.15, 0.2) is 0 Å². The van der Waals surface area contributed by atoms with Gasteiger partial charge in [0.05, 0.1) is 6.54 Å². The van der Waals surface area contributed by atoms with E-state index < -0.39 is 0 Å². The molecule has 0 aliphatic heterocycles. The summed E-state index contributed by atoms with van der Waals surface area (Å²) < 4.78 is 5.87. The van der Waals surface area contributed by atoms with Gasteiger partial charge < -0.3 is 9.73 Å². The van der Waals surface area contributed by atoms with Gasteiger partial charge in [0.2, 0.25) is 0 Å². The van der Waals surface area contributed by atoms with Crippen molar-refractivity contribution in [3.05, 3.63) is 58.5 Å². The molecule has 21 heavy (non-hydrogen) atoms. The number of hydrogen-bond acceptors (Lipinski definition) is 3. The van der Waals surface area contributed by atoms with Gasteiger partial charge in [-0.2, -0.15) is 0 Å². The highest BCUT2D eigenvalue weighted by Gasteiger charge is 2.10. The Morgan fingerprint density at radius 1 is 1.10 bits per heavy atom. The molecule has 0 aliphatic carbocycles. The van der Waals surface area contributed by atoms with Crippen LogP contribution in [0.3, 0.4) is 0 Å². The Morgan fingerprint density at radius 3 is 2.57 bits per heavy atom. The molecule has 0 saturated carbocycles. The van der Waals surface area contributed by atoms with Crippen LogP contribution >= 0.6 is 0 Å². The Kier molecular flexibility index (Phi) is 5.59. The van der Waals surface area contributed by atoms with Crippen LogP contribution in [-0.4, -0.2) is 18.5 Å². The van der Waals surface area contributed by atoms with Crippen molar-refractivity contribution in [1.82, 2.24) is 10.2 Å². The summed E-state index contributed by atoms with van der Waals surface area (Å²) in [5.41, 5.74) is 3.97. The van der Waals surface area contributed by atoms with E-state index in [-0.39, 0.29) is 0 Å². The minimum Gasteiger partial charge on any atom is -0.465 e. The Labute approximate surface area is 128 Å². The number of nitrogens with one attached hydrogen (secondary N) is 1. The summed E-state index contributed by atoms with van der Waals surface area (Å²) in [6.07, 6.45) is 0. The van der Waals surface area contributed by atoms with Gasteiger partial charge in [-0.15, -0.1) is 0 Å². The quantitative estimate of drug-likeness (QED) is 0.842. The van der Waals surface area contributed by atoms with E-state index in [4.69, 9.17) is 4.42 Å². The van der Waals surface area contributed by atoms with Crippen molar-refractivity contribution in [2.24, 2.45) is 0 Å². The molecule has 1 aromatic carbocycles. The zero-order valence-corrected chi connectivity index (χ0v) is 13.6. The molecule has 0 unspecified atom stereocenters. The fraction of sp³-hybridized carbons (Fsp3) is 0.444. The van der Waals surface area contributed by atoms with Gasteiger partial charge in [-0.3, -0.25) is 4.90 Å². The topological polar surface area (TPSA) is 28.4 Å². The van der Waals surface area contributed by atoms with Crippen LogP contribution in [-0.2, 0) is 19.6 Å². The van der Waals surface area contributed by atoms with Gasteiger partial charge in [0.1, 0.15) is 11.5 Å². The number of nitrogens with zero attached hydrogens (tertiary/aromatic N) is 1. The lowest BCUT2D eigenvalue weighted by molar-refractivity contribution is 0.284. The summed E-state index contributed by atoms with van der Waals surface area (Å²) in [4.78, 5) is 2.29.